The number of terminal acetylenes is 1. The van der Waals surface area contributed by atoms with Gasteiger partial charge in [-0.05, 0) is 42.7 Å². The van der Waals surface area contributed by atoms with E-state index >= 15 is 0 Å². The third kappa shape index (κ3) is 5.79. The molecule has 1 heterocycles. The Morgan fingerprint density at radius 2 is 1.90 bits per heavy atom. The quantitative estimate of drug-likeness (QED) is 0.380. The fraction of sp³-hybridized carbons (Fsp3) is 0.360. The lowest BCUT2D eigenvalue weighted by Gasteiger charge is -2.10. The molecule has 0 spiro atoms. The summed E-state index contributed by atoms with van der Waals surface area (Å²) in [4.78, 5) is 17.0. The number of methoxy groups -OCH3 is 2. The van der Waals surface area contributed by atoms with Crippen molar-refractivity contribution in [2.24, 2.45) is 0 Å². The first kappa shape index (κ1) is 22.2. The highest BCUT2D eigenvalue weighted by atomic mass is 16.5. The van der Waals surface area contributed by atoms with E-state index in [0.717, 1.165) is 48.1 Å². The lowest BCUT2D eigenvalue weighted by atomic mass is 10.1. The van der Waals surface area contributed by atoms with Crippen molar-refractivity contribution in [3.63, 3.8) is 0 Å². The number of carbonyl (C=O) groups is 1. The van der Waals surface area contributed by atoms with E-state index in [2.05, 4.69) is 21.9 Å². The summed E-state index contributed by atoms with van der Waals surface area (Å²) in [7, 11) is 3.18. The highest BCUT2D eigenvalue weighted by Crippen LogP contribution is 2.27. The molecule has 0 aliphatic heterocycles. The van der Waals surface area contributed by atoms with E-state index in [-0.39, 0.29) is 5.91 Å². The number of para-hydroxylation sites is 2. The maximum absolute atomic E-state index is 12.2. The van der Waals surface area contributed by atoms with Crippen LogP contribution in [-0.2, 0) is 24.2 Å². The molecule has 0 bridgehead atoms. The lowest BCUT2D eigenvalue weighted by molar-refractivity contribution is -0.120. The van der Waals surface area contributed by atoms with Crippen molar-refractivity contribution < 1.29 is 14.3 Å². The van der Waals surface area contributed by atoms with Crippen molar-refractivity contribution in [2.45, 2.75) is 38.6 Å². The summed E-state index contributed by atoms with van der Waals surface area (Å²) in [5.74, 6) is 5.03. The zero-order valence-corrected chi connectivity index (χ0v) is 18.2. The second-order valence-corrected chi connectivity index (χ2v) is 7.33. The molecule has 2 aromatic carbocycles. The Labute approximate surface area is 183 Å². The van der Waals surface area contributed by atoms with E-state index < -0.39 is 0 Å². The van der Waals surface area contributed by atoms with Crippen molar-refractivity contribution in [1.82, 2.24) is 14.9 Å². The minimum absolute atomic E-state index is 0.00281. The number of nitrogens with one attached hydrogen (secondary N) is 1. The molecule has 0 aliphatic rings. The molecule has 1 N–H and O–H groups in total. The largest absolute Gasteiger partial charge is 0.493 e. The van der Waals surface area contributed by atoms with E-state index in [4.69, 9.17) is 20.9 Å². The Hall–Kier alpha value is -3.46. The van der Waals surface area contributed by atoms with E-state index in [0.29, 0.717) is 31.0 Å². The van der Waals surface area contributed by atoms with Gasteiger partial charge in [0.1, 0.15) is 5.82 Å². The standard InChI is InChI=1S/C25H29N3O3/c1-4-16-28-21-11-8-7-10-20(21)27-24(28)12-6-5-9-15-26-25(29)18-19-13-14-22(30-2)23(17-19)31-3/h1,7-8,10-11,13-14,17H,5-6,9,12,15-16,18H2,2-3H3,(H,26,29). The number of unbranched alkanes of at least 4 members (excludes halogenated alkanes) is 2. The van der Waals surface area contributed by atoms with Gasteiger partial charge < -0.3 is 19.4 Å². The number of rotatable bonds is 11. The Morgan fingerprint density at radius 3 is 2.68 bits per heavy atom. The van der Waals surface area contributed by atoms with Crippen molar-refractivity contribution >= 4 is 16.9 Å². The van der Waals surface area contributed by atoms with Gasteiger partial charge in [0.25, 0.3) is 0 Å². The minimum Gasteiger partial charge on any atom is -0.493 e. The molecule has 1 aromatic heterocycles. The summed E-state index contributed by atoms with van der Waals surface area (Å²) in [5.41, 5.74) is 2.95. The number of hydrogen-bond donors (Lipinski definition) is 1. The molecule has 0 atom stereocenters. The molecule has 0 aliphatic carbocycles. The van der Waals surface area contributed by atoms with Gasteiger partial charge in [-0.3, -0.25) is 4.79 Å². The summed E-state index contributed by atoms with van der Waals surface area (Å²) < 4.78 is 12.6. The van der Waals surface area contributed by atoms with Crippen LogP contribution >= 0.6 is 0 Å². The number of nitrogens with zero attached hydrogens (tertiary/aromatic N) is 2. The SMILES string of the molecule is C#CCn1c(CCCCCNC(=O)Cc2ccc(OC)c(OC)c2)nc2ccccc21. The van der Waals surface area contributed by atoms with Crippen LogP contribution in [0.3, 0.4) is 0 Å². The highest BCUT2D eigenvalue weighted by molar-refractivity contribution is 5.78. The summed E-state index contributed by atoms with van der Waals surface area (Å²) in [5, 5.41) is 2.99. The van der Waals surface area contributed by atoms with Crippen LogP contribution in [0.1, 0.15) is 30.7 Å². The van der Waals surface area contributed by atoms with Gasteiger partial charge in [0.2, 0.25) is 5.91 Å². The predicted molar refractivity (Wildman–Crippen MR) is 122 cm³/mol. The highest BCUT2D eigenvalue weighted by Gasteiger charge is 2.10. The topological polar surface area (TPSA) is 65.4 Å². The molecular weight excluding hydrogens is 390 g/mol. The van der Waals surface area contributed by atoms with Crippen molar-refractivity contribution in [3.05, 3.63) is 53.9 Å². The lowest BCUT2D eigenvalue weighted by Crippen LogP contribution is -2.26. The number of aromatic nitrogens is 2. The molecule has 0 saturated heterocycles. The number of imidazole rings is 1. The van der Waals surface area contributed by atoms with Crippen LogP contribution in [0.2, 0.25) is 0 Å². The molecular formula is C25H29N3O3. The second-order valence-electron chi connectivity index (χ2n) is 7.33. The molecule has 162 valence electrons. The molecule has 31 heavy (non-hydrogen) atoms. The van der Waals surface area contributed by atoms with E-state index in [1.165, 1.54) is 0 Å². The average molecular weight is 420 g/mol. The van der Waals surface area contributed by atoms with Gasteiger partial charge in [0, 0.05) is 13.0 Å². The predicted octanol–water partition coefficient (Wildman–Crippen LogP) is 3.76. The normalized spacial score (nSPS) is 10.6. The van der Waals surface area contributed by atoms with Crippen LogP contribution in [-0.4, -0.2) is 36.2 Å². The van der Waals surface area contributed by atoms with Gasteiger partial charge in [-0.2, -0.15) is 0 Å². The third-order valence-electron chi connectivity index (χ3n) is 5.19. The van der Waals surface area contributed by atoms with Gasteiger partial charge in [0.05, 0.1) is 38.2 Å². The van der Waals surface area contributed by atoms with E-state index in [9.17, 15) is 4.79 Å². The van der Waals surface area contributed by atoms with Crippen LogP contribution in [0.4, 0.5) is 0 Å². The smallest absolute Gasteiger partial charge is 0.224 e. The first-order valence-corrected chi connectivity index (χ1v) is 10.5. The zero-order chi connectivity index (χ0) is 22.1. The summed E-state index contributed by atoms with van der Waals surface area (Å²) in [6.45, 7) is 1.19. The van der Waals surface area contributed by atoms with Gasteiger partial charge in [0.15, 0.2) is 11.5 Å². The van der Waals surface area contributed by atoms with Crippen LogP contribution < -0.4 is 14.8 Å². The molecule has 3 aromatic rings. The van der Waals surface area contributed by atoms with Gasteiger partial charge >= 0.3 is 0 Å². The number of ether oxygens (including phenoxy) is 2. The first-order valence-electron chi connectivity index (χ1n) is 10.5. The summed E-state index contributed by atoms with van der Waals surface area (Å²) in [6.07, 6.45) is 9.66. The molecule has 0 unspecified atom stereocenters. The number of amides is 1. The van der Waals surface area contributed by atoms with Crippen LogP contribution in [0.25, 0.3) is 11.0 Å². The average Bonchev–Trinajstić information content (AvgIpc) is 3.13. The molecule has 1 amide bonds. The Morgan fingerprint density at radius 1 is 1.10 bits per heavy atom. The number of benzene rings is 2. The molecule has 6 heteroatoms. The Bertz CT molecular complexity index is 1070. The van der Waals surface area contributed by atoms with E-state index in [1.54, 1.807) is 14.2 Å². The van der Waals surface area contributed by atoms with Gasteiger partial charge in [-0.15, -0.1) is 6.42 Å². The monoisotopic (exact) mass is 419 g/mol. The molecule has 6 nitrogen and oxygen atoms in total. The zero-order valence-electron chi connectivity index (χ0n) is 18.2. The minimum atomic E-state index is 0.00281. The van der Waals surface area contributed by atoms with Crippen LogP contribution in [0.5, 0.6) is 11.5 Å². The number of aryl methyl sites for hydroxylation is 1. The Balaban J connectivity index is 1.41. The number of hydrogen-bond acceptors (Lipinski definition) is 4. The molecule has 3 rings (SSSR count). The fourth-order valence-corrected chi connectivity index (χ4v) is 3.64. The van der Waals surface area contributed by atoms with Crippen molar-refractivity contribution in [3.8, 4) is 23.8 Å². The Kier molecular flexibility index (Phi) is 7.94. The number of fused-ring (bicyclic) bond motifs is 1. The van der Waals surface area contributed by atoms with Gasteiger partial charge in [-0.1, -0.05) is 30.5 Å². The third-order valence-corrected chi connectivity index (χ3v) is 5.19. The summed E-state index contributed by atoms with van der Waals surface area (Å²) >= 11 is 0. The van der Waals surface area contributed by atoms with Crippen molar-refractivity contribution in [1.29, 1.82) is 0 Å². The first-order chi connectivity index (χ1) is 15.2. The second kappa shape index (κ2) is 11.1. The van der Waals surface area contributed by atoms with E-state index in [1.807, 2.05) is 36.4 Å². The maximum Gasteiger partial charge on any atom is 0.224 e. The maximum atomic E-state index is 12.2. The summed E-state index contributed by atoms with van der Waals surface area (Å²) in [6, 6.07) is 13.6. The number of carbonyl (C=O) groups excluding carboxylic acids is 1. The molecule has 0 radical (unpaired) electrons. The van der Waals surface area contributed by atoms with Gasteiger partial charge in [-0.25, -0.2) is 4.98 Å². The van der Waals surface area contributed by atoms with Crippen LogP contribution in [0, 0.1) is 12.3 Å². The molecule has 0 saturated carbocycles. The fourth-order valence-electron chi connectivity index (χ4n) is 3.64. The molecule has 0 fully saturated rings. The van der Waals surface area contributed by atoms with Crippen LogP contribution in [0.15, 0.2) is 42.5 Å². The van der Waals surface area contributed by atoms with Crippen molar-refractivity contribution in [2.75, 3.05) is 20.8 Å².